The van der Waals surface area contributed by atoms with Crippen LogP contribution in [0.4, 0.5) is 13.2 Å². The Morgan fingerprint density at radius 3 is 2.21 bits per heavy atom. The maximum absolute atomic E-state index is 14.5. The molecule has 0 bridgehead atoms. The number of rotatable bonds is 7. The van der Waals surface area contributed by atoms with Crippen LogP contribution < -0.4 is 0 Å². The van der Waals surface area contributed by atoms with Crippen LogP contribution in [0.2, 0.25) is 0 Å². The smallest absolute Gasteiger partial charge is 0.166 e. The average Bonchev–Trinajstić information content (AvgIpc) is 2.74. The molecule has 0 radical (unpaired) electrons. The van der Waals surface area contributed by atoms with Gasteiger partial charge >= 0.3 is 0 Å². The molecule has 0 saturated carbocycles. The fourth-order valence-corrected chi connectivity index (χ4v) is 3.30. The summed E-state index contributed by atoms with van der Waals surface area (Å²) in [7, 11) is 0. The van der Waals surface area contributed by atoms with Gasteiger partial charge < -0.3 is 0 Å². The first-order valence-corrected chi connectivity index (χ1v) is 10.1. The molecule has 3 aromatic carbocycles. The van der Waals surface area contributed by atoms with Crippen LogP contribution in [0.1, 0.15) is 48.9 Å². The summed E-state index contributed by atoms with van der Waals surface area (Å²) in [5, 5.41) is 0. The van der Waals surface area contributed by atoms with Crippen molar-refractivity contribution in [3.63, 3.8) is 0 Å². The summed E-state index contributed by atoms with van der Waals surface area (Å²) in [6.45, 7) is 3.91. The van der Waals surface area contributed by atoms with E-state index in [1.54, 1.807) is 37.3 Å². The number of halogens is 3. The predicted molar refractivity (Wildman–Crippen MR) is 115 cm³/mol. The summed E-state index contributed by atoms with van der Waals surface area (Å²) >= 11 is 0. The van der Waals surface area contributed by atoms with Gasteiger partial charge in [0.15, 0.2) is 11.6 Å². The molecule has 0 atom stereocenters. The van der Waals surface area contributed by atoms with Crippen LogP contribution in [-0.4, -0.2) is 0 Å². The van der Waals surface area contributed by atoms with E-state index in [0.29, 0.717) is 17.5 Å². The lowest BCUT2D eigenvalue weighted by molar-refractivity contribution is 0.498. The lowest BCUT2D eigenvalue weighted by atomic mass is 9.99. The van der Waals surface area contributed by atoms with Crippen molar-refractivity contribution < 1.29 is 13.2 Å². The first-order valence-electron chi connectivity index (χ1n) is 10.1. The SMILES string of the molecule is CCCCc1ccc(-c2ccc(/C=C/c3ccc(CC)c(F)c3F)cc2)c(F)c1. The van der Waals surface area contributed by atoms with Gasteiger partial charge in [-0.05, 0) is 47.6 Å². The Kier molecular flexibility index (Phi) is 6.92. The second-order valence-corrected chi connectivity index (χ2v) is 7.17. The van der Waals surface area contributed by atoms with Gasteiger partial charge in [-0.25, -0.2) is 13.2 Å². The minimum Gasteiger partial charge on any atom is -0.206 e. The molecule has 0 nitrogen and oxygen atoms in total. The van der Waals surface area contributed by atoms with Crippen molar-refractivity contribution in [1.29, 1.82) is 0 Å². The third kappa shape index (κ3) is 4.97. The summed E-state index contributed by atoms with van der Waals surface area (Å²) in [5.41, 5.74) is 3.75. The molecule has 0 aromatic heterocycles. The van der Waals surface area contributed by atoms with E-state index in [1.165, 1.54) is 0 Å². The van der Waals surface area contributed by atoms with Gasteiger partial charge in [0.05, 0.1) is 0 Å². The highest BCUT2D eigenvalue weighted by Crippen LogP contribution is 2.25. The van der Waals surface area contributed by atoms with Crippen molar-refractivity contribution in [3.8, 4) is 11.1 Å². The Balaban J connectivity index is 1.77. The number of hydrogen-bond donors (Lipinski definition) is 0. The van der Waals surface area contributed by atoms with Gasteiger partial charge in [-0.15, -0.1) is 0 Å². The van der Waals surface area contributed by atoms with Crippen molar-refractivity contribution in [2.75, 3.05) is 0 Å². The minimum atomic E-state index is -0.831. The second kappa shape index (κ2) is 9.60. The molecule has 0 unspecified atom stereocenters. The number of benzene rings is 3. The molecule has 0 heterocycles. The highest BCUT2D eigenvalue weighted by Gasteiger charge is 2.10. The predicted octanol–water partition coefficient (Wildman–Crippen LogP) is 7.85. The van der Waals surface area contributed by atoms with Gasteiger partial charge in [0.2, 0.25) is 0 Å². The molecule has 0 aliphatic heterocycles. The maximum atomic E-state index is 14.5. The first kappa shape index (κ1) is 20.9. The Morgan fingerprint density at radius 2 is 1.55 bits per heavy atom. The first-order chi connectivity index (χ1) is 14.0. The van der Waals surface area contributed by atoms with Crippen LogP contribution in [0, 0.1) is 17.5 Å². The zero-order valence-corrected chi connectivity index (χ0v) is 16.8. The van der Waals surface area contributed by atoms with Crippen LogP contribution in [0.5, 0.6) is 0 Å². The maximum Gasteiger partial charge on any atom is 0.166 e. The molecule has 0 N–H and O–H groups in total. The molecule has 0 aliphatic rings. The molecule has 0 fully saturated rings. The van der Waals surface area contributed by atoms with Gasteiger partial charge in [0.1, 0.15) is 5.82 Å². The summed E-state index contributed by atoms with van der Waals surface area (Å²) in [6.07, 6.45) is 6.73. The number of unbranched alkanes of at least 4 members (excludes halogenated alkanes) is 1. The summed E-state index contributed by atoms with van der Waals surface area (Å²) < 4.78 is 42.5. The molecular formula is C26H25F3. The van der Waals surface area contributed by atoms with Crippen molar-refractivity contribution in [2.45, 2.75) is 39.5 Å². The van der Waals surface area contributed by atoms with E-state index < -0.39 is 11.6 Å². The molecule has 0 amide bonds. The van der Waals surface area contributed by atoms with Gasteiger partial charge in [-0.2, -0.15) is 0 Å². The number of hydrogen-bond acceptors (Lipinski definition) is 0. The second-order valence-electron chi connectivity index (χ2n) is 7.17. The van der Waals surface area contributed by atoms with Crippen LogP contribution in [0.25, 0.3) is 23.3 Å². The Hall–Kier alpha value is -2.81. The Bertz CT molecular complexity index is 1000. The fraction of sp³-hybridized carbons (Fsp3) is 0.231. The average molecular weight is 394 g/mol. The van der Waals surface area contributed by atoms with Gasteiger partial charge in [-0.3, -0.25) is 0 Å². The van der Waals surface area contributed by atoms with Crippen molar-refractivity contribution in [3.05, 3.63) is 94.3 Å². The van der Waals surface area contributed by atoms with Crippen LogP contribution >= 0.6 is 0 Å². The van der Waals surface area contributed by atoms with Crippen molar-refractivity contribution >= 4 is 12.2 Å². The van der Waals surface area contributed by atoms with E-state index in [1.807, 2.05) is 36.4 Å². The van der Waals surface area contributed by atoms with E-state index in [4.69, 9.17) is 0 Å². The lowest BCUT2D eigenvalue weighted by Gasteiger charge is -2.07. The van der Waals surface area contributed by atoms with Crippen LogP contribution in [0.15, 0.2) is 54.6 Å². The molecule has 0 saturated heterocycles. The fourth-order valence-electron chi connectivity index (χ4n) is 3.30. The van der Waals surface area contributed by atoms with Gasteiger partial charge in [-0.1, -0.05) is 81.0 Å². The van der Waals surface area contributed by atoms with E-state index in [2.05, 4.69) is 6.92 Å². The molecule has 29 heavy (non-hydrogen) atoms. The van der Waals surface area contributed by atoms with Gasteiger partial charge in [0.25, 0.3) is 0 Å². The third-order valence-electron chi connectivity index (χ3n) is 5.10. The molecule has 3 heteroatoms. The van der Waals surface area contributed by atoms with Crippen molar-refractivity contribution in [1.82, 2.24) is 0 Å². The Morgan fingerprint density at radius 1 is 0.793 bits per heavy atom. The molecule has 0 spiro atoms. The standard InChI is InChI=1S/C26H25F3/c1-3-5-6-19-10-16-23(24(27)17-19)21-11-7-18(8-12-21)9-13-22-15-14-20(4-2)25(28)26(22)29/h7-17H,3-6H2,1-2H3/b13-9+. The molecule has 150 valence electrons. The largest absolute Gasteiger partial charge is 0.206 e. The highest BCUT2D eigenvalue weighted by atomic mass is 19.2. The van der Waals surface area contributed by atoms with E-state index in [9.17, 15) is 13.2 Å². The molecule has 3 rings (SSSR count). The zero-order chi connectivity index (χ0) is 20.8. The van der Waals surface area contributed by atoms with E-state index >= 15 is 0 Å². The highest BCUT2D eigenvalue weighted by molar-refractivity contribution is 5.72. The molecular weight excluding hydrogens is 369 g/mol. The monoisotopic (exact) mass is 394 g/mol. The van der Waals surface area contributed by atoms with Crippen molar-refractivity contribution in [2.24, 2.45) is 0 Å². The van der Waals surface area contributed by atoms with E-state index in [0.717, 1.165) is 36.0 Å². The lowest BCUT2D eigenvalue weighted by Crippen LogP contribution is -1.95. The van der Waals surface area contributed by atoms with E-state index in [-0.39, 0.29) is 11.4 Å². The third-order valence-corrected chi connectivity index (χ3v) is 5.10. The molecule has 0 aliphatic carbocycles. The zero-order valence-electron chi connectivity index (χ0n) is 16.8. The minimum absolute atomic E-state index is 0.206. The van der Waals surface area contributed by atoms with Gasteiger partial charge in [0, 0.05) is 11.1 Å². The number of aryl methyl sites for hydroxylation is 2. The summed E-state index contributed by atoms with van der Waals surface area (Å²) in [4.78, 5) is 0. The topological polar surface area (TPSA) is 0 Å². The van der Waals surface area contributed by atoms with Crippen LogP contribution in [-0.2, 0) is 12.8 Å². The summed E-state index contributed by atoms with van der Waals surface area (Å²) in [6, 6.07) is 15.9. The normalized spacial score (nSPS) is 11.3. The quantitative estimate of drug-likeness (QED) is 0.358. The van der Waals surface area contributed by atoms with Crippen LogP contribution in [0.3, 0.4) is 0 Å². The Labute approximate surface area is 170 Å². The molecule has 3 aromatic rings. The summed E-state index contributed by atoms with van der Waals surface area (Å²) in [5.74, 6) is -1.85.